The highest BCUT2D eigenvalue weighted by molar-refractivity contribution is 5.76. The van der Waals surface area contributed by atoms with Gasteiger partial charge in [-0.15, -0.1) is 0 Å². The number of carbonyl (C=O) groups excluding carboxylic acids is 1. The quantitative estimate of drug-likeness (QED) is 0.569. The van der Waals surface area contributed by atoms with E-state index in [0.29, 0.717) is 19.6 Å². The van der Waals surface area contributed by atoms with Crippen LogP contribution in [0.2, 0.25) is 0 Å². The Hall–Kier alpha value is -0.650. The zero-order chi connectivity index (χ0) is 14.7. The maximum atomic E-state index is 12.1. The molecule has 0 fully saturated rings. The molecule has 0 heterocycles. The molecule has 1 atom stereocenters. The van der Waals surface area contributed by atoms with E-state index in [4.69, 9.17) is 10.5 Å². The summed E-state index contributed by atoms with van der Waals surface area (Å²) < 4.78 is 5.38. The van der Waals surface area contributed by atoms with Crippen molar-refractivity contribution < 1.29 is 9.53 Å². The van der Waals surface area contributed by atoms with Crippen LogP contribution in [0.1, 0.15) is 34.1 Å². The Morgan fingerprint density at radius 2 is 1.79 bits per heavy atom. The highest BCUT2D eigenvalue weighted by Crippen LogP contribution is 2.06. The molecule has 0 spiro atoms. The highest BCUT2D eigenvalue weighted by Gasteiger charge is 2.21. The van der Waals surface area contributed by atoms with Gasteiger partial charge in [0.2, 0.25) is 5.91 Å². The van der Waals surface area contributed by atoms with Gasteiger partial charge < -0.3 is 15.4 Å². The van der Waals surface area contributed by atoms with E-state index >= 15 is 0 Å². The van der Waals surface area contributed by atoms with Gasteiger partial charge in [0.15, 0.2) is 0 Å². The summed E-state index contributed by atoms with van der Waals surface area (Å²) in [4.78, 5) is 16.2. The standard InChI is InChI=1S/C14H31N3O2/c1-5-16(6-2)14(18)11-13(12-15)17(7-3)9-10-19-8-4/h13H,5-12,15H2,1-4H3. The maximum absolute atomic E-state index is 12.1. The molecule has 1 amide bonds. The van der Waals surface area contributed by atoms with Gasteiger partial charge in [0.1, 0.15) is 0 Å². The van der Waals surface area contributed by atoms with Crippen LogP contribution in [0.3, 0.4) is 0 Å². The monoisotopic (exact) mass is 273 g/mol. The van der Waals surface area contributed by atoms with Crippen LogP contribution in [-0.2, 0) is 9.53 Å². The average molecular weight is 273 g/mol. The van der Waals surface area contributed by atoms with Crippen molar-refractivity contribution in [3.63, 3.8) is 0 Å². The van der Waals surface area contributed by atoms with Gasteiger partial charge in [-0.25, -0.2) is 0 Å². The molecule has 2 N–H and O–H groups in total. The van der Waals surface area contributed by atoms with Gasteiger partial charge in [-0.3, -0.25) is 9.69 Å². The van der Waals surface area contributed by atoms with Crippen molar-refractivity contribution in [2.45, 2.75) is 40.2 Å². The van der Waals surface area contributed by atoms with E-state index < -0.39 is 0 Å². The summed E-state index contributed by atoms with van der Waals surface area (Å²) >= 11 is 0. The summed E-state index contributed by atoms with van der Waals surface area (Å²) in [5, 5.41) is 0. The zero-order valence-electron chi connectivity index (χ0n) is 13.0. The number of hydrogen-bond acceptors (Lipinski definition) is 4. The summed E-state index contributed by atoms with van der Waals surface area (Å²) in [5.41, 5.74) is 5.83. The molecule has 1 unspecified atom stereocenters. The summed E-state index contributed by atoms with van der Waals surface area (Å²) in [6.45, 7) is 13.3. The molecule has 0 bridgehead atoms. The van der Waals surface area contributed by atoms with Crippen molar-refractivity contribution in [1.82, 2.24) is 9.80 Å². The van der Waals surface area contributed by atoms with E-state index in [0.717, 1.165) is 32.8 Å². The minimum absolute atomic E-state index is 0.110. The minimum Gasteiger partial charge on any atom is -0.380 e. The Morgan fingerprint density at radius 3 is 2.21 bits per heavy atom. The van der Waals surface area contributed by atoms with Crippen LogP contribution in [0.25, 0.3) is 0 Å². The molecule has 5 nitrogen and oxygen atoms in total. The molecule has 0 rings (SSSR count). The Balaban J connectivity index is 4.38. The first-order valence-corrected chi connectivity index (χ1v) is 7.43. The Bertz CT molecular complexity index is 233. The normalized spacial score (nSPS) is 12.7. The van der Waals surface area contributed by atoms with Crippen LogP contribution >= 0.6 is 0 Å². The predicted molar refractivity (Wildman–Crippen MR) is 79.1 cm³/mol. The minimum atomic E-state index is 0.110. The molecule has 0 aliphatic rings. The van der Waals surface area contributed by atoms with Crippen LogP contribution < -0.4 is 5.73 Å². The maximum Gasteiger partial charge on any atom is 0.224 e. The second kappa shape index (κ2) is 11.2. The largest absolute Gasteiger partial charge is 0.380 e. The third-order valence-electron chi connectivity index (χ3n) is 3.45. The average Bonchev–Trinajstić information content (AvgIpc) is 2.43. The second-order valence-corrected chi connectivity index (χ2v) is 4.49. The molecular formula is C14H31N3O2. The van der Waals surface area contributed by atoms with Gasteiger partial charge in [0.25, 0.3) is 0 Å². The molecule has 0 saturated carbocycles. The van der Waals surface area contributed by atoms with Crippen molar-refractivity contribution >= 4 is 5.91 Å². The number of ether oxygens (including phenoxy) is 1. The molecule has 19 heavy (non-hydrogen) atoms. The van der Waals surface area contributed by atoms with Crippen molar-refractivity contribution in [2.75, 3.05) is 45.9 Å². The molecular weight excluding hydrogens is 242 g/mol. The van der Waals surface area contributed by atoms with E-state index in [1.165, 1.54) is 0 Å². The van der Waals surface area contributed by atoms with E-state index in [2.05, 4.69) is 11.8 Å². The first kappa shape index (κ1) is 18.4. The fourth-order valence-electron chi connectivity index (χ4n) is 2.19. The van der Waals surface area contributed by atoms with Crippen LogP contribution in [0.15, 0.2) is 0 Å². The molecule has 0 saturated heterocycles. The lowest BCUT2D eigenvalue weighted by Crippen LogP contribution is -2.46. The number of nitrogens with two attached hydrogens (primary N) is 1. The summed E-state index contributed by atoms with van der Waals surface area (Å²) in [7, 11) is 0. The van der Waals surface area contributed by atoms with Gasteiger partial charge in [0, 0.05) is 45.2 Å². The van der Waals surface area contributed by atoms with E-state index in [-0.39, 0.29) is 11.9 Å². The van der Waals surface area contributed by atoms with Gasteiger partial charge in [0.05, 0.1) is 6.61 Å². The number of amides is 1. The fraction of sp³-hybridized carbons (Fsp3) is 0.929. The fourth-order valence-corrected chi connectivity index (χ4v) is 2.19. The number of hydrogen-bond donors (Lipinski definition) is 1. The van der Waals surface area contributed by atoms with E-state index in [1.807, 2.05) is 25.7 Å². The predicted octanol–water partition coefficient (Wildman–Crippen LogP) is 0.931. The van der Waals surface area contributed by atoms with Gasteiger partial charge in [-0.05, 0) is 27.3 Å². The first-order valence-electron chi connectivity index (χ1n) is 7.43. The smallest absolute Gasteiger partial charge is 0.224 e. The Labute approximate surface area is 118 Å². The molecule has 0 radical (unpaired) electrons. The third kappa shape index (κ3) is 6.89. The van der Waals surface area contributed by atoms with E-state index in [1.54, 1.807) is 0 Å². The van der Waals surface area contributed by atoms with Gasteiger partial charge >= 0.3 is 0 Å². The lowest BCUT2D eigenvalue weighted by molar-refractivity contribution is -0.132. The zero-order valence-corrected chi connectivity index (χ0v) is 13.0. The van der Waals surface area contributed by atoms with Crippen molar-refractivity contribution in [1.29, 1.82) is 0 Å². The lowest BCUT2D eigenvalue weighted by atomic mass is 10.1. The van der Waals surface area contributed by atoms with E-state index in [9.17, 15) is 4.79 Å². The molecule has 5 heteroatoms. The Kier molecular flexibility index (Phi) is 10.8. The van der Waals surface area contributed by atoms with Gasteiger partial charge in [-0.2, -0.15) is 0 Å². The van der Waals surface area contributed by atoms with Gasteiger partial charge in [-0.1, -0.05) is 6.92 Å². The molecule has 0 aliphatic carbocycles. The molecule has 0 aromatic carbocycles. The Morgan fingerprint density at radius 1 is 1.16 bits per heavy atom. The molecule has 0 aliphatic heterocycles. The summed E-state index contributed by atoms with van der Waals surface area (Å²) in [5.74, 6) is 0.190. The molecule has 0 aromatic rings. The van der Waals surface area contributed by atoms with Crippen molar-refractivity contribution in [3.8, 4) is 0 Å². The van der Waals surface area contributed by atoms with Crippen LogP contribution in [-0.4, -0.2) is 67.7 Å². The second-order valence-electron chi connectivity index (χ2n) is 4.49. The summed E-state index contributed by atoms with van der Waals surface area (Å²) in [6.07, 6.45) is 0.498. The molecule has 114 valence electrons. The number of nitrogens with zero attached hydrogens (tertiary/aromatic N) is 2. The van der Waals surface area contributed by atoms with Crippen LogP contribution in [0.4, 0.5) is 0 Å². The number of carbonyl (C=O) groups is 1. The van der Waals surface area contributed by atoms with Crippen LogP contribution in [0, 0.1) is 0 Å². The SMILES string of the molecule is CCOCCN(CC)C(CN)CC(=O)N(CC)CC. The number of likely N-dealkylation sites (N-methyl/N-ethyl adjacent to an activating group) is 1. The summed E-state index contributed by atoms with van der Waals surface area (Å²) in [6, 6.07) is 0.110. The van der Waals surface area contributed by atoms with Crippen molar-refractivity contribution in [3.05, 3.63) is 0 Å². The van der Waals surface area contributed by atoms with Crippen LogP contribution in [0.5, 0.6) is 0 Å². The topological polar surface area (TPSA) is 58.8 Å². The number of rotatable bonds is 11. The third-order valence-corrected chi connectivity index (χ3v) is 3.45. The lowest BCUT2D eigenvalue weighted by Gasteiger charge is -2.31. The van der Waals surface area contributed by atoms with Crippen molar-refractivity contribution in [2.24, 2.45) is 5.73 Å². The molecule has 0 aromatic heterocycles. The highest BCUT2D eigenvalue weighted by atomic mass is 16.5. The first-order chi connectivity index (χ1) is 9.14.